The summed E-state index contributed by atoms with van der Waals surface area (Å²) in [5, 5.41) is 3.56. The van der Waals surface area contributed by atoms with Crippen LogP contribution in [0.3, 0.4) is 0 Å². The minimum absolute atomic E-state index is 0.544. The number of benzene rings is 1. The van der Waals surface area contributed by atoms with Crippen LogP contribution in [0.4, 0.5) is 5.69 Å². The first-order chi connectivity index (χ1) is 10.4. The molecule has 1 aromatic carbocycles. The van der Waals surface area contributed by atoms with Crippen LogP contribution in [0.2, 0.25) is 0 Å². The number of nitrogens with zero attached hydrogens (tertiary/aromatic N) is 2. The Morgan fingerprint density at radius 2 is 1.86 bits per heavy atom. The molecule has 0 radical (unpaired) electrons. The van der Waals surface area contributed by atoms with Crippen LogP contribution in [0, 0.1) is 5.92 Å². The molecular formula is C17H27N3O. The minimum atomic E-state index is 0.544. The molecule has 4 nitrogen and oxygen atoms in total. The quantitative estimate of drug-likeness (QED) is 0.887. The van der Waals surface area contributed by atoms with Gasteiger partial charge in [-0.15, -0.1) is 0 Å². The molecule has 116 valence electrons. The molecular weight excluding hydrogens is 262 g/mol. The first kappa shape index (κ1) is 14.8. The van der Waals surface area contributed by atoms with Crippen LogP contribution >= 0.6 is 0 Å². The van der Waals surface area contributed by atoms with Gasteiger partial charge in [0, 0.05) is 50.4 Å². The smallest absolute Gasteiger partial charge is 0.0623 e. The maximum absolute atomic E-state index is 5.65. The predicted molar refractivity (Wildman–Crippen MR) is 86.9 cm³/mol. The highest BCUT2D eigenvalue weighted by atomic mass is 16.5. The molecule has 4 heteroatoms. The Labute approximate surface area is 128 Å². The molecule has 2 heterocycles. The maximum atomic E-state index is 5.65. The first-order valence-corrected chi connectivity index (χ1v) is 8.20. The molecule has 2 aliphatic heterocycles. The molecule has 2 aliphatic rings. The van der Waals surface area contributed by atoms with Gasteiger partial charge in [-0.2, -0.15) is 0 Å². The molecule has 0 aromatic heterocycles. The van der Waals surface area contributed by atoms with E-state index in [1.54, 1.807) is 0 Å². The van der Waals surface area contributed by atoms with E-state index >= 15 is 0 Å². The standard InChI is InChI=1S/C17H27N3O/c1-2-18-17-14-21-13-15(17)12-19-8-10-20(11-9-19)16-6-4-3-5-7-16/h3-7,15,17-18H,2,8-14H2,1H3. The van der Waals surface area contributed by atoms with Gasteiger partial charge in [0.2, 0.25) is 0 Å². The van der Waals surface area contributed by atoms with Crippen LogP contribution in [0.1, 0.15) is 6.92 Å². The molecule has 0 saturated carbocycles. The number of likely N-dealkylation sites (N-methyl/N-ethyl adjacent to an activating group) is 1. The molecule has 0 bridgehead atoms. The Bertz CT molecular complexity index is 417. The highest BCUT2D eigenvalue weighted by Gasteiger charge is 2.30. The van der Waals surface area contributed by atoms with E-state index in [4.69, 9.17) is 4.74 Å². The van der Waals surface area contributed by atoms with Gasteiger partial charge in [-0.1, -0.05) is 25.1 Å². The molecule has 2 fully saturated rings. The van der Waals surface area contributed by atoms with Crippen molar-refractivity contribution in [2.24, 2.45) is 5.92 Å². The van der Waals surface area contributed by atoms with Crippen molar-refractivity contribution < 1.29 is 4.74 Å². The highest BCUT2D eigenvalue weighted by molar-refractivity contribution is 5.46. The van der Waals surface area contributed by atoms with Crippen molar-refractivity contribution in [3.8, 4) is 0 Å². The van der Waals surface area contributed by atoms with E-state index < -0.39 is 0 Å². The van der Waals surface area contributed by atoms with Crippen LogP contribution in [-0.4, -0.2) is 63.4 Å². The van der Waals surface area contributed by atoms with Crippen LogP contribution in [-0.2, 0) is 4.74 Å². The second-order valence-corrected chi connectivity index (χ2v) is 6.08. The summed E-state index contributed by atoms with van der Waals surface area (Å²) >= 11 is 0. The fourth-order valence-electron chi connectivity index (χ4n) is 3.43. The molecule has 2 unspecified atom stereocenters. The van der Waals surface area contributed by atoms with E-state index in [9.17, 15) is 0 Å². The van der Waals surface area contributed by atoms with E-state index in [0.717, 1.165) is 45.9 Å². The Hall–Kier alpha value is -1.10. The van der Waals surface area contributed by atoms with E-state index in [2.05, 4.69) is 52.4 Å². The Morgan fingerprint density at radius 1 is 1.10 bits per heavy atom. The third-order valence-electron chi connectivity index (χ3n) is 4.65. The van der Waals surface area contributed by atoms with Crippen molar-refractivity contribution >= 4 is 5.69 Å². The van der Waals surface area contributed by atoms with Gasteiger partial charge in [-0.25, -0.2) is 0 Å². The van der Waals surface area contributed by atoms with Crippen molar-refractivity contribution in [1.82, 2.24) is 10.2 Å². The molecule has 3 rings (SSSR count). The van der Waals surface area contributed by atoms with Crippen molar-refractivity contribution in [2.45, 2.75) is 13.0 Å². The van der Waals surface area contributed by atoms with Crippen molar-refractivity contribution in [3.05, 3.63) is 30.3 Å². The zero-order chi connectivity index (χ0) is 14.5. The second-order valence-electron chi connectivity index (χ2n) is 6.08. The Kier molecular flexibility index (Phi) is 5.12. The zero-order valence-electron chi connectivity index (χ0n) is 13.0. The fraction of sp³-hybridized carbons (Fsp3) is 0.647. The highest BCUT2D eigenvalue weighted by Crippen LogP contribution is 2.19. The number of hydrogen-bond donors (Lipinski definition) is 1. The van der Waals surface area contributed by atoms with Gasteiger partial charge in [0.15, 0.2) is 0 Å². The summed E-state index contributed by atoms with van der Waals surface area (Å²) < 4.78 is 5.65. The predicted octanol–water partition coefficient (Wildman–Crippen LogP) is 1.43. The lowest BCUT2D eigenvalue weighted by Crippen LogP contribution is -2.50. The van der Waals surface area contributed by atoms with Crippen LogP contribution in [0.15, 0.2) is 30.3 Å². The van der Waals surface area contributed by atoms with Crippen molar-refractivity contribution in [1.29, 1.82) is 0 Å². The molecule has 21 heavy (non-hydrogen) atoms. The fourth-order valence-corrected chi connectivity index (χ4v) is 3.43. The average Bonchev–Trinajstić information content (AvgIpc) is 2.96. The number of para-hydroxylation sites is 1. The van der Waals surface area contributed by atoms with Gasteiger partial charge < -0.3 is 15.0 Å². The third kappa shape index (κ3) is 3.76. The van der Waals surface area contributed by atoms with E-state index in [-0.39, 0.29) is 0 Å². The summed E-state index contributed by atoms with van der Waals surface area (Å²) in [5.41, 5.74) is 1.35. The molecule has 2 saturated heterocycles. The van der Waals surface area contributed by atoms with Crippen LogP contribution < -0.4 is 10.2 Å². The van der Waals surface area contributed by atoms with Crippen LogP contribution in [0.5, 0.6) is 0 Å². The number of hydrogen-bond acceptors (Lipinski definition) is 4. The number of anilines is 1. The first-order valence-electron chi connectivity index (χ1n) is 8.20. The monoisotopic (exact) mass is 289 g/mol. The van der Waals surface area contributed by atoms with Crippen molar-refractivity contribution in [2.75, 3.05) is 57.4 Å². The number of rotatable bonds is 5. The lowest BCUT2D eigenvalue weighted by molar-refractivity contribution is 0.164. The number of piperazine rings is 1. The van der Waals surface area contributed by atoms with E-state index in [0.29, 0.717) is 12.0 Å². The van der Waals surface area contributed by atoms with Gasteiger partial charge in [-0.05, 0) is 18.7 Å². The number of nitrogens with one attached hydrogen (secondary N) is 1. The molecule has 1 N–H and O–H groups in total. The van der Waals surface area contributed by atoms with Gasteiger partial charge in [0.1, 0.15) is 0 Å². The lowest BCUT2D eigenvalue weighted by atomic mass is 10.0. The minimum Gasteiger partial charge on any atom is -0.379 e. The summed E-state index contributed by atoms with van der Waals surface area (Å²) in [4.78, 5) is 5.09. The summed E-state index contributed by atoms with van der Waals surface area (Å²) in [6.07, 6.45) is 0. The van der Waals surface area contributed by atoms with Gasteiger partial charge in [-0.3, -0.25) is 4.90 Å². The van der Waals surface area contributed by atoms with Gasteiger partial charge >= 0.3 is 0 Å². The summed E-state index contributed by atoms with van der Waals surface area (Å²) in [5.74, 6) is 0.647. The number of ether oxygens (including phenoxy) is 1. The SMILES string of the molecule is CCNC1COCC1CN1CCN(c2ccccc2)CC1. The summed E-state index contributed by atoms with van der Waals surface area (Å²) in [6, 6.07) is 11.3. The lowest BCUT2D eigenvalue weighted by Gasteiger charge is -2.37. The summed E-state index contributed by atoms with van der Waals surface area (Å²) in [7, 11) is 0. The van der Waals surface area contributed by atoms with E-state index in [1.165, 1.54) is 12.2 Å². The van der Waals surface area contributed by atoms with E-state index in [1.807, 2.05) is 0 Å². The largest absolute Gasteiger partial charge is 0.379 e. The van der Waals surface area contributed by atoms with Gasteiger partial charge in [0.05, 0.1) is 13.2 Å². The Balaban J connectivity index is 1.47. The third-order valence-corrected chi connectivity index (χ3v) is 4.65. The van der Waals surface area contributed by atoms with Crippen molar-refractivity contribution in [3.63, 3.8) is 0 Å². The molecule has 0 aliphatic carbocycles. The Morgan fingerprint density at radius 3 is 2.57 bits per heavy atom. The topological polar surface area (TPSA) is 27.7 Å². The van der Waals surface area contributed by atoms with Gasteiger partial charge in [0.25, 0.3) is 0 Å². The normalized spacial score (nSPS) is 27.2. The molecule has 1 aromatic rings. The molecule has 0 spiro atoms. The molecule has 2 atom stereocenters. The second kappa shape index (κ2) is 7.25. The molecule has 0 amide bonds. The van der Waals surface area contributed by atoms with Crippen LogP contribution in [0.25, 0.3) is 0 Å². The summed E-state index contributed by atoms with van der Waals surface area (Å²) in [6.45, 7) is 10.7. The zero-order valence-corrected chi connectivity index (χ0v) is 13.0. The maximum Gasteiger partial charge on any atom is 0.0623 e. The average molecular weight is 289 g/mol.